The molecule has 1 saturated heterocycles. The number of amides is 5. The minimum atomic E-state index is -0.840. The maximum Gasteiger partial charge on any atom is 0.335 e. The van der Waals surface area contributed by atoms with Gasteiger partial charge in [0.15, 0.2) is 6.61 Å². The number of anilines is 1. The molecule has 2 aromatic carbocycles. The molecule has 0 aromatic heterocycles. The first-order valence-corrected chi connectivity index (χ1v) is 9.94. The number of primary amides is 1. The van der Waals surface area contributed by atoms with Crippen molar-refractivity contribution in [3.63, 3.8) is 0 Å². The lowest BCUT2D eigenvalue weighted by Gasteiger charge is -2.26. The molecule has 31 heavy (non-hydrogen) atoms. The van der Waals surface area contributed by atoms with Crippen LogP contribution in [0.4, 0.5) is 10.5 Å². The molecule has 0 aliphatic carbocycles. The highest BCUT2D eigenvalue weighted by molar-refractivity contribution is 9.10. The molecule has 3 N–H and O–H groups in total. The molecule has 1 fully saturated rings. The normalized spacial score (nSPS) is 15.1. The van der Waals surface area contributed by atoms with Gasteiger partial charge in [0.05, 0.1) is 16.8 Å². The van der Waals surface area contributed by atoms with Crippen molar-refractivity contribution in [2.45, 2.75) is 6.92 Å². The average molecular weight is 488 g/mol. The number of rotatable bonds is 7. The number of barbiturate groups is 1. The maximum atomic E-state index is 12.9. The van der Waals surface area contributed by atoms with Crippen LogP contribution in [-0.2, 0) is 14.4 Å². The van der Waals surface area contributed by atoms with Gasteiger partial charge in [-0.2, -0.15) is 0 Å². The van der Waals surface area contributed by atoms with Crippen LogP contribution in [0.1, 0.15) is 12.5 Å². The highest BCUT2D eigenvalue weighted by Gasteiger charge is 2.36. The third-order valence-corrected chi connectivity index (χ3v) is 4.76. The van der Waals surface area contributed by atoms with Gasteiger partial charge < -0.3 is 15.2 Å². The summed E-state index contributed by atoms with van der Waals surface area (Å²) in [4.78, 5) is 49.3. The van der Waals surface area contributed by atoms with Gasteiger partial charge in [0.25, 0.3) is 17.7 Å². The summed E-state index contributed by atoms with van der Waals surface area (Å²) < 4.78 is 11.1. The van der Waals surface area contributed by atoms with E-state index in [0.717, 1.165) is 4.90 Å². The average Bonchev–Trinajstić information content (AvgIpc) is 2.71. The van der Waals surface area contributed by atoms with Gasteiger partial charge in [0.2, 0.25) is 0 Å². The van der Waals surface area contributed by atoms with Gasteiger partial charge in [-0.15, -0.1) is 0 Å². The Morgan fingerprint density at radius 2 is 1.84 bits per heavy atom. The van der Waals surface area contributed by atoms with Crippen molar-refractivity contribution in [2.75, 3.05) is 18.1 Å². The fourth-order valence-electron chi connectivity index (χ4n) is 2.79. The Morgan fingerprint density at radius 3 is 2.45 bits per heavy atom. The number of imide groups is 2. The second-order valence-electron chi connectivity index (χ2n) is 6.33. The van der Waals surface area contributed by atoms with Crippen molar-refractivity contribution in [1.82, 2.24) is 5.32 Å². The Labute approximate surface area is 185 Å². The van der Waals surface area contributed by atoms with Gasteiger partial charge in [-0.1, -0.05) is 6.07 Å². The smallest absolute Gasteiger partial charge is 0.335 e. The highest BCUT2D eigenvalue weighted by Crippen LogP contribution is 2.28. The molecule has 0 bridgehead atoms. The van der Waals surface area contributed by atoms with Crippen LogP contribution in [0.25, 0.3) is 6.08 Å². The van der Waals surface area contributed by atoms with Crippen molar-refractivity contribution in [2.24, 2.45) is 5.73 Å². The van der Waals surface area contributed by atoms with Gasteiger partial charge in [-0.25, -0.2) is 9.69 Å². The number of nitrogens with zero attached hydrogens (tertiary/aromatic N) is 1. The van der Waals surface area contributed by atoms with Gasteiger partial charge in [-0.05, 0) is 70.9 Å². The zero-order valence-electron chi connectivity index (χ0n) is 16.4. The van der Waals surface area contributed by atoms with Crippen LogP contribution >= 0.6 is 15.9 Å². The van der Waals surface area contributed by atoms with Crippen molar-refractivity contribution < 1.29 is 28.7 Å². The van der Waals surface area contributed by atoms with Crippen LogP contribution in [0.15, 0.2) is 52.5 Å². The van der Waals surface area contributed by atoms with Gasteiger partial charge >= 0.3 is 6.03 Å². The molecule has 0 saturated carbocycles. The van der Waals surface area contributed by atoms with Gasteiger partial charge in [0, 0.05) is 0 Å². The number of carbonyl (C=O) groups excluding carboxylic acids is 4. The predicted octanol–water partition coefficient (Wildman–Crippen LogP) is 2.38. The standard InChI is InChI=1S/C21H18BrN3O6/c1-2-30-14-6-4-13(5-7-14)25-20(28)15(19(27)24-21(25)29)9-12-3-8-17(16(22)10-12)31-11-18(23)26/h3-10H,2,11H2,1H3,(H2,23,26)(H,24,27,29)/b15-9+. The number of hydrogen-bond donors (Lipinski definition) is 2. The molecule has 10 heteroatoms. The summed E-state index contributed by atoms with van der Waals surface area (Å²) in [7, 11) is 0. The van der Waals surface area contributed by atoms with E-state index in [4.69, 9.17) is 15.2 Å². The van der Waals surface area contributed by atoms with E-state index in [1.54, 1.807) is 42.5 Å². The molecule has 160 valence electrons. The van der Waals surface area contributed by atoms with Crippen molar-refractivity contribution in [3.8, 4) is 11.5 Å². The van der Waals surface area contributed by atoms with E-state index in [1.165, 1.54) is 6.08 Å². The zero-order chi connectivity index (χ0) is 22.5. The lowest BCUT2D eigenvalue weighted by molar-refractivity contribution is -0.123. The molecular weight excluding hydrogens is 470 g/mol. The van der Waals surface area contributed by atoms with Crippen molar-refractivity contribution >= 4 is 51.4 Å². The first-order chi connectivity index (χ1) is 14.8. The Morgan fingerprint density at radius 1 is 1.13 bits per heavy atom. The topological polar surface area (TPSA) is 128 Å². The Kier molecular flexibility index (Phi) is 6.71. The van der Waals surface area contributed by atoms with Crippen LogP contribution in [-0.4, -0.2) is 37.0 Å². The maximum absolute atomic E-state index is 12.9. The second kappa shape index (κ2) is 9.43. The number of benzene rings is 2. The van der Waals surface area contributed by atoms with Crippen LogP contribution < -0.4 is 25.4 Å². The number of ether oxygens (including phenoxy) is 2. The Balaban J connectivity index is 1.88. The first-order valence-electron chi connectivity index (χ1n) is 9.15. The molecule has 0 unspecified atom stereocenters. The van der Waals surface area contributed by atoms with E-state index >= 15 is 0 Å². The molecule has 5 amide bonds. The minimum Gasteiger partial charge on any atom is -0.494 e. The molecule has 3 rings (SSSR count). The molecular formula is C21H18BrN3O6. The fourth-order valence-corrected chi connectivity index (χ4v) is 3.30. The Hall–Kier alpha value is -3.66. The lowest BCUT2D eigenvalue weighted by Crippen LogP contribution is -2.54. The van der Waals surface area contributed by atoms with E-state index in [9.17, 15) is 19.2 Å². The molecule has 1 aliphatic heterocycles. The summed E-state index contributed by atoms with van der Waals surface area (Å²) in [5.41, 5.74) is 5.63. The first kappa shape index (κ1) is 22.0. The number of urea groups is 1. The second-order valence-corrected chi connectivity index (χ2v) is 7.18. The highest BCUT2D eigenvalue weighted by atomic mass is 79.9. The molecule has 1 heterocycles. The SMILES string of the molecule is CCOc1ccc(N2C(=O)NC(=O)/C(=C\c3ccc(OCC(N)=O)c(Br)c3)C2=O)cc1. The number of carbonyl (C=O) groups is 4. The third-order valence-electron chi connectivity index (χ3n) is 4.14. The summed E-state index contributed by atoms with van der Waals surface area (Å²) in [5, 5.41) is 2.17. The third kappa shape index (κ3) is 5.10. The van der Waals surface area contributed by atoms with E-state index in [1.807, 2.05) is 6.92 Å². The number of nitrogens with two attached hydrogens (primary N) is 1. The van der Waals surface area contributed by atoms with Crippen LogP contribution in [0.3, 0.4) is 0 Å². The molecule has 2 aromatic rings. The summed E-state index contributed by atoms with van der Waals surface area (Å²) in [6.45, 7) is 2.03. The summed E-state index contributed by atoms with van der Waals surface area (Å²) >= 11 is 3.30. The summed E-state index contributed by atoms with van der Waals surface area (Å²) in [6.07, 6.45) is 1.36. The van der Waals surface area contributed by atoms with E-state index in [-0.39, 0.29) is 12.2 Å². The largest absolute Gasteiger partial charge is 0.494 e. The van der Waals surface area contributed by atoms with E-state index in [0.29, 0.717) is 33.8 Å². The molecule has 0 radical (unpaired) electrons. The monoisotopic (exact) mass is 487 g/mol. The molecule has 9 nitrogen and oxygen atoms in total. The number of hydrogen-bond acceptors (Lipinski definition) is 6. The van der Waals surface area contributed by atoms with Crippen LogP contribution in [0.2, 0.25) is 0 Å². The predicted molar refractivity (Wildman–Crippen MR) is 115 cm³/mol. The van der Waals surface area contributed by atoms with Crippen LogP contribution in [0, 0.1) is 0 Å². The number of nitrogens with one attached hydrogen (secondary N) is 1. The van der Waals surface area contributed by atoms with Crippen LogP contribution in [0.5, 0.6) is 11.5 Å². The van der Waals surface area contributed by atoms with Gasteiger partial charge in [0.1, 0.15) is 17.1 Å². The lowest BCUT2D eigenvalue weighted by atomic mass is 10.1. The Bertz CT molecular complexity index is 1080. The van der Waals surface area contributed by atoms with Crippen molar-refractivity contribution in [3.05, 3.63) is 58.1 Å². The molecule has 0 atom stereocenters. The zero-order valence-corrected chi connectivity index (χ0v) is 18.0. The quantitative estimate of drug-likeness (QED) is 0.455. The van der Waals surface area contributed by atoms with E-state index < -0.39 is 23.8 Å². The summed E-state index contributed by atoms with van der Waals surface area (Å²) in [5.74, 6) is -1.23. The van der Waals surface area contributed by atoms with Crippen molar-refractivity contribution in [1.29, 1.82) is 0 Å². The fraction of sp³-hybridized carbons (Fsp3) is 0.143. The minimum absolute atomic E-state index is 0.216. The molecule has 1 aliphatic rings. The number of halogens is 1. The molecule has 0 spiro atoms. The van der Waals surface area contributed by atoms with Gasteiger partial charge in [-0.3, -0.25) is 19.7 Å². The summed E-state index contributed by atoms with van der Waals surface area (Å²) in [6, 6.07) is 10.3. The van der Waals surface area contributed by atoms with E-state index in [2.05, 4.69) is 21.2 Å².